The van der Waals surface area contributed by atoms with Gasteiger partial charge < -0.3 is 10.2 Å². The monoisotopic (exact) mass is 342 g/mol. The largest absolute Gasteiger partial charge is 0.516 e. The lowest BCUT2D eigenvalue weighted by atomic mass is 9.89. The van der Waals surface area contributed by atoms with Crippen molar-refractivity contribution in [2.24, 2.45) is 0 Å². The minimum atomic E-state index is 0.287. The van der Waals surface area contributed by atoms with Crippen LogP contribution in [-0.2, 0) is 0 Å². The van der Waals surface area contributed by atoms with Crippen LogP contribution in [0.15, 0.2) is 103 Å². The van der Waals surface area contributed by atoms with Gasteiger partial charge in [-0.05, 0) is 58.9 Å². The minimum absolute atomic E-state index is 0.287. The predicted molar refractivity (Wildman–Crippen MR) is 109 cm³/mol. The zero-order valence-corrected chi connectivity index (χ0v) is 14.6. The van der Waals surface area contributed by atoms with Gasteiger partial charge in [0.25, 0.3) is 0 Å². The number of phenols is 1. The first-order chi connectivity index (χ1) is 12.7. The van der Waals surface area contributed by atoms with Crippen molar-refractivity contribution in [3.63, 3.8) is 0 Å². The molecule has 2 heteroatoms. The Bertz CT molecular complexity index is 912. The van der Waals surface area contributed by atoms with Crippen LogP contribution < -0.4 is 0 Å². The van der Waals surface area contributed by atoms with Crippen LogP contribution in [0.1, 0.15) is 18.4 Å². The zero-order chi connectivity index (χ0) is 18.4. The number of rotatable bonds is 5. The van der Waals surface area contributed by atoms with E-state index in [1.807, 2.05) is 48.5 Å². The Kier molecular flexibility index (Phi) is 5.55. The van der Waals surface area contributed by atoms with Gasteiger partial charge in [0.15, 0.2) is 0 Å². The first-order valence-electron chi connectivity index (χ1n) is 8.65. The summed E-state index contributed by atoms with van der Waals surface area (Å²) in [6.07, 6.45) is 12.4. The minimum Gasteiger partial charge on any atom is -0.516 e. The Morgan fingerprint density at radius 2 is 1.81 bits per heavy atom. The highest BCUT2D eigenvalue weighted by Crippen LogP contribution is 2.35. The standard InChI is InChI=1S/C24H22O2/c1-18(8-5-6-15-25)20-11-7-12-21(16-20)22-13-14-24(26)23(17-22)19-9-3-2-4-10-19/h2-6,8-11,13-17,25-26H,1,7,12H2/b8-5-,15-6-. The molecule has 0 radical (unpaired) electrons. The zero-order valence-electron chi connectivity index (χ0n) is 14.6. The average molecular weight is 342 g/mol. The normalized spacial score (nSPS) is 14.5. The third-order valence-corrected chi connectivity index (χ3v) is 4.43. The summed E-state index contributed by atoms with van der Waals surface area (Å²) in [6.45, 7) is 4.10. The molecule has 0 bridgehead atoms. The van der Waals surface area contributed by atoms with Crippen LogP contribution in [-0.4, -0.2) is 10.2 Å². The smallest absolute Gasteiger partial charge is 0.123 e. The molecule has 0 amide bonds. The lowest BCUT2D eigenvalue weighted by Gasteiger charge is -2.16. The fourth-order valence-electron chi connectivity index (χ4n) is 3.06. The van der Waals surface area contributed by atoms with Gasteiger partial charge in [0.05, 0.1) is 6.26 Å². The van der Waals surface area contributed by atoms with E-state index >= 15 is 0 Å². The van der Waals surface area contributed by atoms with Crippen LogP contribution in [0.4, 0.5) is 0 Å². The molecule has 0 unspecified atom stereocenters. The van der Waals surface area contributed by atoms with Crippen molar-refractivity contribution in [3.8, 4) is 16.9 Å². The van der Waals surface area contributed by atoms with E-state index in [-0.39, 0.29) is 5.75 Å². The van der Waals surface area contributed by atoms with E-state index in [4.69, 9.17) is 5.11 Å². The summed E-state index contributed by atoms with van der Waals surface area (Å²) in [6, 6.07) is 15.7. The maximum absolute atomic E-state index is 10.3. The van der Waals surface area contributed by atoms with E-state index in [0.717, 1.165) is 46.9 Å². The Hall–Kier alpha value is -3.26. The molecule has 0 aromatic heterocycles. The number of hydrogen-bond donors (Lipinski definition) is 2. The lowest BCUT2D eigenvalue weighted by Crippen LogP contribution is -1.95. The Morgan fingerprint density at radius 1 is 1.00 bits per heavy atom. The molecule has 26 heavy (non-hydrogen) atoms. The summed E-state index contributed by atoms with van der Waals surface area (Å²) in [5, 5.41) is 19.0. The molecule has 2 N–H and O–H groups in total. The molecule has 130 valence electrons. The molecule has 2 aromatic carbocycles. The quantitative estimate of drug-likeness (QED) is 0.491. The molecular weight excluding hydrogens is 320 g/mol. The van der Waals surface area contributed by atoms with Crippen molar-refractivity contribution < 1.29 is 10.2 Å². The van der Waals surface area contributed by atoms with E-state index < -0.39 is 0 Å². The first-order valence-corrected chi connectivity index (χ1v) is 8.65. The van der Waals surface area contributed by atoms with Gasteiger partial charge in [-0.25, -0.2) is 0 Å². The molecule has 0 saturated heterocycles. The Labute approximate surface area is 154 Å². The fourth-order valence-corrected chi connectivity index (χ4v) is 3.06. The number of allylic oxidation sites excluding steroid dienone is 8. The third-order valence-electron chi connectivity index (χ3n) is 4.43. The molecule has 0 aliphatic heterocycles. The second kappa shape index (κ2) is 8.21. The molecule has 2 nitrogen and oxygen atoms in total. The number of phenolic OH excluding ortho intramolecular Hbond substituents is 1. The van der Waals surface area contributed by atoms with Gasteiger partial charge in [0.1, 0.15) is 5.75 Å². The summed E-state index contributed by atoms with van der Waals surface area (Å²) < 4.78 is 0. The number of aliphatic hydroxyl groups is 1. The van der Waals surface area contributed by atoms with E-state index in [0.29, 0.717) is 0 Å². The highest BCUT2D eigenvalue weighted by atomic mass is 16.3. The Morgan fingerprint density at radius 3 is 2.58 bits per heavy atom. The number of aliphatic hydroxyl groups excluding tert-OH is 1. The number of benzene rings is 2. The van der Waals surface area contributed by atoms with Crippen LogP contribution in [0.25, 0.3) is 16.7 Å². The van der Waals surface area contributed by atoms with Crippen molar-refractivity contribution in [1.29, 1.82) is 0 Å². The van der Waals surface area contributed by atoms with Crippen molar-refractivity contribution in [3.05, 3.63) is 108 Å². The van der Waals surface area contributed by atoms with Gasteiger partial charge in [-0.3, -0.25) is 0 Å². The lowest BCUT2D eigenvalue weighted by molar-refractivity contribution is 0.473. The van der Waals surface area contributed by atoms with Crippen LogP contribution in [0, 0.1) is 0 Å². The van der Waals surface area contributed by atoms with Gasteiger partial charge in [-0.15, -0.1) is 0 Å². The molecule has 2 aromatic rings. The fraction of sp³-hybridized carbons (Fsp3) is 0.0833. The molecule has 0 heterocycles. The highest BCUT2D eigenvalue weighted by Gasteiger charge is 2.12. The molecule has 0 fully saturated rings. The van der Waals surface area contributed by atoms with Gasteiger partial charge >= 0.3 is 0 Å². The van der Waals surface area contributed by atoms with Crippen LogP contribution >= 0.6 is 0 Å². The number of aromatic hydroxyl groups is 1. The molecule has 0 atom stereocenters. The molecule has 1 aliphatic carbocycles. The van der Waals surface area contributed by atoms with E-state index in [9.17, 15) is 5.11 Å². The summed E-state index contributed by atoms with van der Waals surface area (Å²) in [4.78, 5) is 0. The van der Waals surface area contributed by atoms with E-state index in [1.165, 1.54) is 5.57 Å². The van der Waals surface area contributed by atoms with E-state index in [2.05, 4.69) is 18.7 Å². The van der Waals surface area contributed by atoms with Gasteiger partial charge in [-0.1, -0.05) is 67.3 Å². The van der Waals surface area contributed by atoms with E-state index in [1.54, 1.807) is 18.2 Å². The average Bonchev–Trinajstić information content (AvgIpc) is 2.69. The molecular formula is C24H22O2. The molecule has 3 rings (SSSR count). The maximum Gasteiger partial charge on any atom is 0.123 e. The maximum atomic E-state index is 10.3. The predicted octanol–water partition coefficient (Wildman–Crippen LogP) is 6.35. The SMILES string of the molecule is C=C(/C=C\C=C/O)C1=CCCC(c2ccc(O)c(-c3ccccc3)c2)=C1. The Balaban J connectivity index is 1.92. The van der Waals surface area contributed by atoms with Crippen molar-refractivity contribution >= 4 is 5.57 Å². The summed E-state index contributed by atoms with van der Waals surface area (Å²) in [7, 11) is 0. The third kappa shape index (κ3) is 4.04. The van der Waals surface area contributed by atoms with Gasteiger partial charge in [-0.2, -0.15) is 0 Å². The number of hydrogen-bond acceptors (Lipinski definition) is 2. The molecule has 0 saturated carbocycles. The molecule has 1 aliphatic rings. The summed E-state index contributed by atoms with van der Waals surface area (Å²) in [5.41, 5.74) is 6.17. The van der Waals surface area contributed by atoms with Crippen molar-refractivity contribution in [1.82, 2.24) is 0 Å². The molecule has 0 spiro atoms. The van der Waals surface area contributed by atoms with Crippen LogP contribution in [0.3, 0.4) is 0 Å². The summed E-state index contributed by atoms with van der Waals surface area (Å²) >= 11 is 0. The first kappa shape index (κ1) is 17.6. The van der Waals surface area contributed by atoms with Gasteiger partial charge in [0, 0.05) is 5.56 Å². The second-order valence-corrected chi connectivity index (χ2v) is 6.19. The van der Waals surface area contributed by atoms with Crippen molar-refractivity contribution in [2.75, 3.05) is 0 Å². The van der Waals surface area contributed by atoms with Crippen LogP contribution in [0.2, 0.25) is 0 Å². The highest BCUT2D eigenvalue weighted by molar-refractivity contribution is 5.79. The van der Waals surface area contributed by atoms with Gasteiger partial charge in [0.2, 0.25) is 0 Å². The van der Waals surface area contributed by atoms with Crippen molar-refractivity contribution in [2.45, 2.75) is 12.8 Å². The second-order valence-electron chi connectivity index (χ2n) is 6.19. The topological polar surface area (TPSA) is 40.5 Å². The van der Waals surface area contributed by atoms with Crippen LogP contribution in [0.5, 0.6) is 5.75 Å². The summed E-state index contributed by atoms with van der Waals surface area (Å²) in [5.74, 6) is 0.287.